The highest BCUT2D eigenvalue weighted by Crippen LogP contribution is 2.09. The van der Waals surface area contributed by atoms with E-state index in [1.807, 2.05) is 6.92 Å². The second kappa shape index (κ2) is 13.1. The number of hydrogen-bond donors (Lipinski definition) is 7. The van der Waals surface area contributed by atoms with Gasteiger partial charge in [0.1, 0.15) is 18.1 Å². The first-order valence-corrected chi connectivity index (χ1v) is 11.1. The molecule has 11 nitrogen and oxygen atoms in total. The molecule has 5 atom stereocenters. The number of hydrogen-bond acceptors (Lipinski definition) is 7. The highest BCUT2D eigenvalue weighted by atomic mass is 32.1. The van der Waals surface area contributed by atoms with Crippen molar-refractivity contribution in [3.8, 4) is 0 Å². The fourth-order valence-electron chi connectivity index (χ4n) is 2.80. The molecule has 0 radical (unpaired) electrons. The predicted molar refractivity (Wildman–Crippen MR) is 122 cm³/mol. The van der Waals surface area contributed by atoms with Crippen LogP contribution in [0.2, 0.25) is 0 Å². The SMILES string of the molecule is CC[C@H](C)[C@H](NC(=O)[C@H](CS)NC(=O)[C@H](Cc1cnc[nH]1)NC(=O)[C@@H](N)C(C)C)C(=O)O. The Balaban J connectivity index is 2.95. The van der Waals surface area contributed by atoms with E-state index in [1.54, 1.807) is 20.8 Å². The number of aromatic nitrogens is 2. The molecular formula is C20H34N6O5S. The van der Waals surface area contributed by atoms with E-state index in [0.717, 1.165) is 0 Å². The van der Waals surface area contributed by atoms with Crippen molar-refractivity contribution in [3.05, 3.63) is 18.2 Å². The van der Waals surface area contributed by atoms with Gasteiger partial charge in [0, 0.05) is 24.1 Å². The number of aromatic amines is 1. The molecule has 0 aromatic carbocycles. The smallest absolute Gasteiger partial charge is 0.326 e. The summed E-state index contributed by atoms with van der Waals surface area (Å²) in [6.07, 6.45) is 3.59. The number of carbonyl (C=O) groups excluding carboxylic acids is 3. The molecule has 0 saturated heterocycles. The summed E-state index contributed by atoms with van der Waals surface area (Å²) >= 11 is 4.12. The zero-order chi connectivity index (χ0) is 24.4. The third kappa shape index (κ3) is 8.15. The maximum Gasteiger partial charge on any atom is 0.326 e. The Labute approximate surface area is 193 Å². The monoisotopic (exact) mass is 470 g/mol. The average Bonchev–Trinajstić information content (AvgIpc) is 3.26. The van der Waals surface area contributed by atoms with E-state index >= 15 is 0 Å². The van der Waals surface area contributed by atoms with Gasteiger partial charge < -0.3 is 31.8 Å². The largest absolute Gasteiger partial charge is 0.480 e. The number of imidazole rings is 1. The van der Waals surface area contributed by atoms with Crippen LogP contribution in [0.4, 0.5) is 0 Å². The maximum atomic E-state index is 12.9. The standard InChI is InChI=1S/C20H34N6O5S/c1-5-11(4)16(20(30)31)26-18(28)14(8-32)25-17(27)13(6-12-7-22-9-23-12)24-19(29)15(21)10(2)3/h7,9-11,13-16,32H,5-6,8,21H2,1-4H3,(H,22,23)(H,24,29)(H,25,27)(H,26,28)(H,30,31)/t11-,13-,14-,15-,16-/m0/s1. The summed E-state index contributed by atoms with van der Waals surface area (Å²) in [5.74, 6) is -3.49. The first-order valence-electron chi connectivity index (χ1n) is 10.5. The van der Waals surface area contributed by atoms with Crippen molar-refractivity contribution in [1.82, 2.24) is 25.9 Å². The van der Waals surface area contributed by atoms with Crippen LogP contribution < -0.4 is 21.7 Å². The fourth-order valence-corrected chi connectivity index (χ4v) is 3.06. The van der Waals surface area contributed by atoms with E-state index in [2.05, 4.69) is 38.5 Å². The molecule has 7 N–H and O–H groups in total. The van der Waals surface area contributed by atoms with Gasteiger partial charge in [-0.15, -0.1) is 0 Å². The van der Waals surface area contributed by atoms with E-state index in [9.17, 15) is 24.3 Å². The molecule has 0 bridgehead atoms. The topological polar surface area (TPSA) is 179 Å². The molecule has 0 saturated carbocycles. The van der Waals surface area contributed by atoms with Crippen LogP contribution >= 0.6 is 12.6 Å². The summed E-state index contributed by atoms with van der Waals surface area (Å²) in [6.45, 7) is 7.09. The number of thiol groups is 1. The molecular weight excluding hydrogens is 436 g/mol. The lowest BCUT2D eigenvalue weighted by molar-refractivity contribution is -0.143. The van der Waals surface area contributed by atoms with Crippen LogP contribution in [0, 0.1) is 11.8 Å². The number of carboxylic acids is 1. The lowest BCUT2D eigenvalue weighted by Crippen LogP contribution is -2.59. The summed E-state index contributed by atoms with van der Waals surface area (Å²) < 4.78 is 0. The molecule has 3 amide bonds. The van der Waals surface area contributed by atoms with Gasteiger partial charge in [0.2, 0.25) is 17.7 Å². The third-order valence-corrected chi connectivity index (χ3v) is 5.59. The van der Waals surface area contributed by atoms with Gasteiger partial charge in [0.15, 0.2) is 0 Å². The van der Waals surface area contributed by atoms with Gasteiger partial charge in [-0.2, -0.15) is 12.6 Å². The number of carbonyl (C=O) groups is 4. The molecule has 1 aromatic rings. The van der Waals surface area contributed by atoms with E-state index in [4.69, 9.17) is 5.73 Å². The number of amides is 3. The van der Waals surface area contributed by atoms with Gasteiger partial charge >= 0.3 is 5.97 Å². The second-order valence-corrected chi connectivity index (χ2v) is 8.43. The molecule has 0 aliphatic rings. The van der Waals surface area contributed by atoms with Crippen LogP contribution in [0.5, 0.6) is 0 Å². The van der Waals surface area contributed by atoms with Gasteiger partial charge in [0.05, 0.1) is 12.4 Å². The molecule has 32 heavy (non-hydrogen) atoms. The Morgan fingerprint density at radius 1 is 1.09 bits per heavy atom. The Hall–Kier alpha value is -2.60. The van der Waals surface area contributed by atoms with Crippen LogP contribution in [-0.2, 0) is 25.6 Å². The fraction of sp³-hybridized carbons (Fsp3) is 0.650. The summed E-state index contributed by atoms with van der Waals surface area (Å²) in [4.78, 5) is 56.3. The molecule has 0 aliphatic carbocycles. The van der Waals surface area contributed by atoms with Gasteiger partial charge in [-0.1, -0.05) is 34.1 Å². The minimum absolute atomic E-state index is 0.0688. The van der Waals surface area contributed by atoms with Crippen LogP contribution in [-0.4, -0.2) is 68.7 Å². The van der Waals surface area contributed by atoms with Crippen molar-refractivity contribution < 1.29 is 24.3 Å². The Morgan fingerprint density at radius 3 is 2.16 bits per heavy atom. The van der Waals surface area contributed by atoms with Crippen molar-refractivity contribution >= 4 is 36.3 Å². The normalized spacial score (nSPS) is 15.8. The van der Waals surface area contributed by atoms with Crippen LogP contribution in [0.25, 0.3) is 0 Å². The Kier molecular flexibility index (Phi) is 11.2. The summed E-state index contributed by atoms with van der Waals surface area (Å²) in [5, 5.41) is 17.0. The molecule has 1 aromatic heterocycles. The molecule has 0 aliphatic heterocycles. The van der Waals surface area contributed by atoms with E-state index < -0.39 is 47.9 Å². The number of aliphatic carboxylic acids is 1. The lowest BCUT2D eigenvalue weighted by atomic mass is 9.99. The zero-order valence-electron chi connectivity index (χ0n) is 18.8. The van der Waals surface area contributed by atoms with Crippen LogP contribution in [0.3, 0.4) is 0 Å². The van der Waals surface area contributed by atoms with Crippen molar-refractivity contribution in [2.45, 2.75) is 64.7 Å². The quantitative estimate of drug-likeness (QED) is 0.189. The van der Waals surface area contributed by atoms with Crippen molar-refractivity contribution in [2.24, 2.45) is 17.6 Å². The van der Waals surface area contributed by atoms with Crippen molar-refractivity contribution in [1.29, 1.82) is 0 Å². The van der Waals surface area contributed by atoms with Crippen molar-refractivity contribution in [2.75, 3.05) is 5.75 Å². The number of carboxylic acid groups (broad SMARTS) is 1. The maximum absolute atomic E-state index is 12.9. The number of nitrogens with one attached hydrogen (secondary N) is 4. The minimum Gasteiger partial charge on any atom is -0.480 e. The average molecular weight is 471 g/mol. The minimum atomic E-state index is -1.16. The summed E-state index contributed by atoms with van der Waals surface area (Å²) in [6, 6.07) is -4.05. The van der Waals surface area contributed by atoms with Crippen LogP contribution in [0.15, 0.2) is 12.5 Å². The van der Waals surface area contributed by atoms with Gasteiger partial charge in [-0.3, -0.25) is 14.4 Å². The van der Waals surface area contributed by atoms with Crippen LogP contribution in [0.1, 0.15) is 39.8 Å². The number of H-pyrrole nitrogens is 1. The van der Waals surface area contributed by atoms with Crippen molar-refractivity contribution in [3.63, 3.8) is 0 Å². The first kappa shape index (κ1) is 27.4. The van der Waals surface area contributed by atoms with E-state index in [-0.39, 0.29) is 24.0 Å². The highest BCUT2D eigenvalue weighted by molar-refractivity contribution is 7.80. The lowest BCUT2D eigenvalue weighted by Gasteiger charge is -2.26. The van der Waals surface area contributed by atoms with Gasteiger partial charge in [-0.25, -0.2) is 9.78 Å². The first-order chi connectivity index (χ1) is 15.0. The number of nitrogens with zero attached hydrogens (tertiary/aromatic N) is 1. The Bertz CT molecular complexity index is 773. The van der Waals surface area contributed by atoms with Gasteiger partial charge in [-0.05, 0) is 11.8 Å². The number of nitrogens with two attached hydrogens (primary N) is 1. The molecule has 0 fully saturated rings. The third-order valence-electron chi connectivity index (χ3n) is 5.23. The molecule has 1 heterocycles. The Morgan fingerprint density at radius 2 is 1.69 bits per heavy atom. The number of rotatable bonds is 13. The summed E-state index contributed by atoms with van der Waals surface area (Å²) in [5.41, 5.74) is 6.48. The van der Waals surface area contributed by atoms with E-state index in [0.29, 0.717) is 12.1 Å². The van der Waals surface area contributed by atoms with Gasteiger partial charge in [0.25, 0.3) is 0 Å². The molecule has 0 unspecified atom stereocenters. The highest BCUT2D eigenvalue weighted by Gasteiger charge is 2.32. The molecule has 0 spiro atoms. The zero-order valence-corrected chi connectivity index (χ0v) is 19.7. The molecule has 1 rings (SSSR count). The second-order valence-electron chi connectivity index (χ2n) is 8.07. The predicted octanol–water partition coefficient (Wildman–Crippen LogP) is -0.550. The molecule has 12 heteroatoms. The molecule has 180 valence electrons. The summed E-state index contributed by atoms with van der Waals surface area (Å²) in [7, 11) is 0. The van der Waals surface area contributed by atoms with E-state index in [1.165, 1.54) is 12.5 Å².